The lowest BCUT2D eigenvalue weighted by molar-refractivity contribution is -0.137. The van der Waals surface area contributed by atoms with Gasteiger partial charge < -0.3 is 19.9 Å². The summed E-state index contributed by atoms with van der Waals surface area (Å²) < 4.78 is 46.2. The van der Waals surface area contributed by atoms with Crippen LogP contribution in [-0.4, -0.2) is 21.7 Å². The first-order valence-electron chi connectivity index (χ1n) is 11.4. The molecule has 9 nitrogen and oxygen atoms in total. The maximum Gasteiger partial charge on any atom is 0.417 e. The van der Waals surface area contributed by atoms with Gasteiger partial charge in [-0.05, 0) is 61.4 Å². The van der Waals surface area contributed by atoms with Gasteiger partial charge in [0, 0.05) is 36.6 Å². The van der Waals surface area contributed by atoms with Crippen molar-refractivity contribution in [2.45, 2.75) is 38.4 Å². The van der Waals surface area contributed by atoms with Crippen molar-refractivity contribution in [2.24, 2.45) is 0 Å². The van der Waals surface area contributed by atoms with E-state index in [4.69, 9.17) is 21.5 Å². The lowest BCUT2D eigenvalue weighted by Gasteiger charge is -2.13. The molecule has 3 amide bonds. The second-order valence-corrected chi connectivity index (χ2v) is 8.54. The summed E-state index contributed by atoms with van der Waals surface area (Å²) in [6, 6.07) is 11.4. The van der Waals surface area contributed by atoms with Crippen LogP contribution in [-0.2, 0) is 17.5 Å². The number of pyridine rings is 1. The molecule has 0 aliphatic carbocycles. The Morgan fingerprint density at radius 3 is 2.26 bits per heavy atom. The van der Waals surface area contributed by atoms with Crippen LogP contribution in [0.15, 0.2) is 65.6 Å². The van der Waals surface area contributed by atoms with E-state index in [1.54, 1.807) is 29.9 Å². The van der Waals surface area contributed by atoms with Gasteiger partial charge in [0.15, 0.2) is 0 Å². The third kappa shape index (κ3) is 8.53. The zero-order valence-corrected chi connectivity index (χ0v) is 20.6. The second kappa shape index (κ2) is 13.0. The summed E-state index contributed by atoms with van der Waals surface area (Å²) in [5.74, 6) is 0.256. The molecule has 0 unspecified atom stereocenters. The maximum atomic E-state index is 13.0. The summed E-state index contributed by atoms with van der Waals surface area (Å²) in [5.41, 5.74) is 0.523. The van der Waals surface area contributed by atoms with Crippen molar-refractivity contribution in [1.82, 2.24) is 10.0 Å². The molecule has 3 aromatic rings. The Morgan fingerprint density at radius 1 is 0.921 bits per heavy atom. The van der Waals surface area contributed by atoms with Gasteiger partial charge in [-0.15, -0.1) is 0 Å². The number of halogens is 4. The predicted octanol–water partition coefficient (Wildman–Crippen LogP) is 6.02. The summed E-state index contributed by atoms with van der Waals surface area (Å²) in [7, 11) is 0. The van der Waals surface area contributed by atoms with E-state index in [0.29, 0.717) is 43.0 Å². The normalized spacial score (nSPS) is 11.1. The minimum atomic E-state index is -4.66. The van der Waals surface area contributed by atoms with Gasteiger partial charge in [-0.25, -0.2) is 10.3 Å². The van der Waals surface area contributed by atoms with Gasteiger partial charge >= 0.3 is 12.2 Å². The molecule has 0 aliphatic rings. The lowest BCUT2D eigenvalue weighted by Crippen LogP contribution is -2.20. The molecule has 0 bridgehead atoms. The van der Waals surface area contributed by atoms with Crippen molar-refractivity contribution < 1.29 is 32.7 Å². The van der Waals surface area contributed by atoms with E-state index in [0.717, 1.165) is 12.1 Å². The number of urea groups is 1. The number of hydrogen-bond donors (Lipinski definition) is 4. The van der Waals surface area contributed by atoms with Crippen LogP contribution in [0.4, 0.5) is 29.3 Å². The smallest absolute Gasteiger partial charge is 0.417 e. The SMILES string of the molecule is O=C(CCCCCn1ccc(Oc2ccc(NC(=O)Nc3ccc(Cl)c(C(F)(F)F)c3)cc2)cc1=O)NO. The number of ether oxygens (including phenoxy) is 1. The Morgan fingerprint density at radius 2 is 1.61 bits per heavy atom. The molecule has 38 heavy (non-hydrogen) atoms. The highest BCUT2D eigenvalue weighted by molar-refractivity contribution is 6.31. The van der Waals surface area contributed by atoms with Gasteiger partial charge in [0.05, 0.1) is 10.6 Å². The zero-order chi connectivity index (χ0) is 27.7. The molecule has 0 radical (unpaired) electrons. The Labute approximate surface area is 220 Å². The molecular formula is C25H24ClF3N4O5. The van der Waals surface area contributed by atoms with Crippen molar-refractivity contribution in [3.05, 3.63) is 81.7 Å². The molecule has 0 spiro atoms. The first-order valence-corrected chi connectivity index (χ1v) is 11.8. The molecule has 3 rings (SSSR count). The van der Waals surface area contributed by atoms with Crippen LogP contribution in [0.1, 0.15) is 31.2 Å². The Bertz CT molecular complexity index is 1330. The van der Waals surface area contributed by atoms with E-state index in [-0.39, 0.29) is 17.7 Å². The molecule has 4 N–H and O–H groups in total. The molecule has 0 aliphatic heterocycles. The molecule has 1 heterocycles. The number of hydrogen-bond acceptors (Lipinski definition) is 5. The number of rotatable bonds is 10. The fraction of sp³-hybridized carbons (Fsp3) is 0.240. The fourth-order valence-corrected chi connectivity index (χ4v) is 3.62. The molecule has 0 fully saturated rings. The highest BCUT2D eigenvalue weighted by atomic mass is 35.5. The summed E-state index contributed by atoms with van der Waals surface area (Å²) in [6.07, 6.45) is -0.863. The Kier molecular flexibility index (Phi) is 9.74. The van der Waals surface area contributed by atoms with Crippen LogP contribution in [0.5, 0.6) is 11.5 Å². The summed E-state index contributed by atoms with van der Waals surface area (Å²) >= 11 is 5.58. The first kappa shape index (κ1) is 28.5. The van der Waals surface area contributed by atoms with E-state index in [1.165, 1.54) is 28.8 Å². The van der Waals surface area contributed by atoms with Crippen LogP contribution in [0.2, 0.25) is 5.02 Å². The van der Waals surface area contributed by atoms with Gasteiger partial charge in [0.1, 0.15) is 11.5 Å². The molecule has 0 saturated carbocycles. The average Bonchev–Trinajstić information content (AvgIpc) is 2.86. The summed E-state index contributed by atoms with van der Waals surface area (Å²) in [4.78, 5) is 35.5. The quantitative estimate of drug-likeness (QED) is 0.139. The number of amides is 3. The van der Waals surface area contributed by atoms with Gasteiger partial charge in [-0.1, -0.05) is 18.0 Å². The number of carbonyl (C=O) groups is 2. The average molecular weight is 553 g/mol. The minimum absolute atomic E-state index is 0.0805. The number of hydroxylamine groups is 1. The molecule has 13 heteroatoms. The van der Waals surface area contributed by atoms with Gasteiger partial charge in [0.2, 0.25) is 5.91 Å². The monoisotopic (exact) mass is 552 g/mol. The molecule has 1 aromatic heterocycles. The number of nitrogens with zero attached hydrogens (tertiary/aromatic N) is 1. The van der Waals surface area contributed by atoms with Crippen molar-refractivity contribution in [1.29, 1.82) is 0 Å². The number of anilines is 2. The van der Waals surface area contributed by atoms with Gasteiger partial charge in [-0.3, -0.25) is 14.8 Å². The Balaban J connectivity index is 1.51. The summed E-state index contributed by atoms with van der Waals surface area (Å²) in [5, 5.41) is 12.8. The van der Waals surface area contributed by atoms with Gasteiger partial charge in [-0.2, -0.15) is 13.2 Å². The number of aryl methyl sites for hydroxylation is 1. The van der Waals surface area contributed by atoms with E-state index < -0.39 is 28.7 Å². The summed E-state index contributed by atoms with van der Waals surface area (Å²) in [6.45, 7) is 0.468. The number of carbonyl (C=O) groups excluding carboxylic acids is 2. The molecule has 202 valence electrons. The molecule has 0 atom stereocenters. The standard InChI is InChI=1S/C25H24ClF3N4O5/c26-21-10-7-17(14-20(21)25(27,28)29)31-24(36)30-16-5-8-18(9-6-16)38-19-11-13-33(23(35)15-19)12-3-1-2-4-22(34)32-37/h5-11,13-15,37H,1-4,12H2,(H,32,34)(H2,30,31,36). The van der Waals surface area contributed by atoms with Crippen molar-refractivity contribution in [2.75, 3.05) is 10.6 Å². The van der Waals surface area contributed by atoms with E-state index >= 15 is 0 Å². The first-order chi connectivity index (χ1) is 18.0. The Hall–Kier alpha value is -4.03. The second-order valence-electron chi connectivity index (χ2n) is 8.14. The molecule has 2 aromatic carbocycles. The van der Waals surface area contributed by atoms with Crippen molar-refractivity contribution in [3.63, 3.8) is 0 Å². The highest BCUT2D eigenvalue weighted by Crippen LogP contribution is 2.36. The fourth-order valence-electron chi connectivity index (χ4n) is 3.39. The molecular weight excluding hydrogens is 529 g/mol. The maximum absolute atomic E-state index is 13.0. The van der Waals surface area contributed by atoms with E-state index in [2.05, 4.69) is 10.6 Å². The van der Waals surface area contributed by atoms with E-state index in [9.17, 15) is 27.6 Å². The van der Waals surface area contributed by atoms with Crippen LogP contribution < -0.4 is 26.4 Å². The highest BCUT2D eigenvalue weighted by Gasteiger charge is 2.33. The third-order valence-electron chi connectivity index (χ3n) is 5.27. The predicted molar refractivity (Wildman–Crippen MR) is 135 cm³/mol. The molecule has 0 saturated heterocycles. The number of aromatic nitrogens is 1. The van der Waals surface area contributed by atoms with Crippen molar-refractivity contribution in [3.8, 4) is 11.5 Å². The van der Waals surface area contributed by atoms with E-state index in [1.807, 2.05) is 0 Å². The lowest BCUT2D eigenvalue weighted by atomic mass is 10.2. The van der Waals surface area contributed by atoms with Crippen LogP contribution in [0.25, 0.3) is 0 Å². The number of nitrogens with one attached hydrogen (secondary N) is 3. The topological polar surface area (TPSA) is 122 Å². The largest absolute Gasteiger partial charge is 0.457 e. The number of alkyl halides is 3. The third-order valence-corrected chi connectivity index (χ3v) is 5.60. The van der Waals surface area contributed by atoms with Crippen LogP contribution in [0.3, 0.4) is 0 Å². The van der Waals surface area contributed by atoms with Gasteiger partial charge in [0.25, 0.3) is 5.56 Å². The van der Waals surface area contributed by atoms with Crippen LogP contribution >= 0.6 is 11.6 Å². The number of benzene rings is 2. The minimum Gasteiger partial charge on any atom is -0.457 e. The van der Waals surface area contributed by atoms with Crippen molar-refractivity contribution >= 4 is 34.9 Å². The zero-order valence-electron chi connectivity index (χ0n) is 19.8. The number of unbranched alkanes of at least 4 members (excludes halogenated alkanes) is 2. The van der Waals surface area contributed by atoms with Crippen LogP contribution in [0, 0.1) is 0 Å².